The van der Waals surface area contributed by atoms with Crippen LogP contribution < -0.4 is 5.32 Å². The summed E-state index contributed by atoms with van der Waals surface area (Å²) in [6.07, 6.45) is -1.52. The molecule has 9 nitrogen and oxygen atoms in total. The van der Waals surface area contributed by atoms with E-state index in [0.717, 1.165) is 0 Å². The molecule has 0 aromatic carbocycles. The summed E-state index contributed by atoms with van der Waals surface area (Å²) in [6.45, 7) is 7.23. The second-order valence-corrected chi connectivity index (χ2v) is 7.07. The number of rotatable bonds is 6. The normalized spacial score (nSPS) is 32.5. The van der Waals surface area contributed by atoms with Gasteiger partial charge in [0.15, 0.2) is 6.23 Å². The van der Waals surface area contributed by atoms with Gasteiger partial charge in [-0.2, -0.15) is 0 Å². The number of hydrogen-bond acceptors (Lipinski definition) is 6. The van der Waals surface area contributed by atoms with Gasteiger partial charge in [-0.15, -0.1) is 0 Å². The van der Waals surface area contributed by atoms with Crippen molar-refractivity contribution < 1.29 is 36.1 Å². The van der Waals surface area contributed by atoms with E-state index in [2.05, 4.69) is 11.9 Å². The number of carbonyl (C=O) groups excluding carboxylic acids is 1. The Morgan fingerprint density at radius 3 is 2.72 bits per heavy atom. The molecule has 1 fully saturated rings. The van der Waals surface area contributed by atoms with Gasteiger partial charge in [-0.3, -0.25) is 9.36 Å². The monoisotopic (exact) mass is 376 g/mol. The van der Waals surface area contributed by atoms with E-state index in [4.69, 9.17) is 17.0 Å². The molecule has 140 valence electrons. The average Bonchev–Trinajstić information content (AvgIpc) is 2.90. The SMILES string of the molecule is [2H]/C(=C(/[2H])P(=O)(O)O)[C@H]1O[C@@H](N2C=CC(=O)NC2=C)[C@H](OC)[C@@H]1OC(C)C. The molecule has 0 spiro atoms. The molecule has 3 N–H and O–H groups in total. The zero-order chi connectivity index (χ0) is 20.5. The molecule has 0 unspecified atom stereocenters. The summed E-state index contributed by atoms with van der Waals surface area (Å²) in [5.74, 6) is -1.32. The van der Waals surface area contributed by atoms with Gasteiger partial charge in [-0.05, 0) is 19.9 Å². The molecule has 2 aliphatic heterocycles. The van der Waals surface area contributed by atoms with Crippen LogP contribution in [0, 0.1) is 0 Å². The minimum absolute atomic E-state index is 0.204. The molecule has 0 bridgehead atoms. The van der Waals surface area contributed by atoms with Crippen LogP contribution in [-0.4, -0.2) is 58.3 Å². The molecule has 0 saturated carbocycles. The van der Waals surface area contributed by atoms with Gasteiger partial charge in [0, 0.05) is 25.2 Å². The Morgan fingerprint density at radius 2 is 2.20 bits per heavy atom. The zero-order valence-electron chi connectivity index (χ0n) is 16.1. The first-order valence-corrected chi connectivity index (χ1v) is 9.12. The highest BCUT2D eigenvalue weighted by molar-refractivity contribution is 7.55. The van der Waals surface area contributed by atoms with E-state index in [9.17, 15) is 19.1 Å². The highest BCUT2D eigenvalue weighted by Gasteiger charge is 2.48. The standard InChI is InChI=1S/C15H23N2O7P/c1-9(2)23-13-11(6-8-25(19,20)21)24-15(14(13)22-4)17-7-5-12(18)16-10(17)3/h5-9,11,13-15H,3H2,1-2,4H3,(H,16,18)(H2,19,20,21)/b8-6+/t11-,13-,14-,15-/m1/s1/i6D,8D. The first-order valence-electron chi connectivity index (χ1n) is 8.51. The van der Waals surface area contributed by atoms with Crippen LogP contribution in [0.25, 0.3) is 0 Å². The summed E-state index contributed by atoms with van der Waals surface area (Å²) in [5, 5.41) is 2.51. The van der Waals surface area contributed by atoms with Crippen molar-refractivity contribution in [3.8, 4) is 0 Å². The Balaban J connectivity index is 2.45. The number of carbonyl (C=O) groups is 1. The molecular formula is C15H23N2O7P. The van der Waals surface area contributed by atoms with Gasteiger partial charge in [-0.1, -0.05) is 6.58 Å². The lowest BCUT2D eigenvalue weighted by Gasteiger charge is -2.34. The van der Waals surface area contributed by atoms with Gasteiger partial charge in [0.25, 0.3) is 5.91 Å². The van der Waals surface area contributed by atoms with Gasteiger partial charge < -0.3 is 34.2 Å². The van der Waals surface area contributed by atoms with Crippen LogP contribution in [0.3, 0.4) is 0 Å². The van der Waals surface area contributed by atoms with E-state index in [-0.39, 0.29) is 17.8 Å². The van der Waals surface area contributed by atoms with Gasteiger partial charge in [0.05, 0.1) is 8.85 Å². The molecule has 0 aromatic heterocycles. The predicted octanol–water partition coefficient (Wildman–Crippen LogP) is 0.628. The maximum absolute atomic E-state index is 11.4. The molecule has 10 heteroatoms. The first kappa shape index (κ1) is 17.0. The summed E-state index contributed by atoms with van der Waals surface area (Å²) in [5.41, 5.74) is 0. The van der Waals surface area contributed by atoms with Crippen LogP contribution in [0.2, 0.25) is 0 Å². The van der Waals surface area contributed by atoms with Crippen LogP contribution in [-0.2, 0) is 23.6 Å². The fourth-order valence-corrected chi connectivity index (χ4v) is 2.86. The van der Waals surface area contributed by atoms with E-state index in [1.54, 1.807) is 13.8 Å². The fourth-order valence-electron chi connectivity index (χ4n) is 2.57. The number of nitrogens with one attached hydrogen (secondary N) is 1. The highest BCUT2D eigenvalue weighted by atomic mass is 31.2. The number of methoxy groups -OCH3 is 1. The Labute approximate surface area is 148 Å². The Hall–Kier alpha value is -1.48. The number of ether oxygens (including phenoxy) is 3. The van der Waals surface area contributed by atoms with Crippen molar-refractivity contribution in [2.45, 2.75) is 44.5 Å². The summed E-state index contributed by atoms with van der Waals surface area (Å²) >= 11 is 0. The maximum atomic E-state index is 11.4. The van der Waals surface area contributed by atoms with Crippen LogP contribution >= 0.6 is 7.60 Å². The molecule has 0 aromatic rings. The van der Waals surface area contributed by atoms with E-state index in [1.807, 2.05) is 0 Å². The Kier molecular flexibility index (Phi) is 5.30. The molecule has 2 rings (SSSR count). The smallest absolute Gasteiger partial charge is 0.348 e. The topological polar surface area (TPSA) is 118 Å². The minimum Gasteiger partial charge on any atom is -0.374 e. The maximum Gasteiger partial charge on any atom is 0.348 e. The van der Waals surface area contributed by atoms with E-state index in [0.29, 0.717) is 0 Å². The van der Waals surface area contributed by atoms with Crippen molar-refractivity contribution in [2.75, 3.05) is 7.11 Å². The second-order valence-electron chi connectivity index (χ2n) is 5.76. The lowest BCUT2D eigenvalue weighted by Crippen LogP contribution is -2.47. The quantitative estimate of drug-likeness (QED) is 0.578. The van der Waals surface area contributed by atoms with Gasteiger partial charge in [0.2, 0.25) is 0 Å². The largest absolute Gasteiger partial charge is 0.374 e. The molecule has 2 aliphatic rings. The van der Waals surface area contributed by atoms with Crippen molar-refractivity contribution in [1.82, 2.24) is 10.2 Å². The number of hydrogen-bond donors (Lipinski definition) is 3. The first-order chi connectivity index (χ1) is 12.5. The van der Waals surface area contributed by atoms with Crippen molar-refractivity contribution in [1.29, 1.82) is 0 Å². The molecule has 4 atom stereocenters. The third-order valence-corrected chi connectivity index (χ3v) is 3.90. The fraction of sp³-hybridized carbons (Fsp3) is 0.533. The average molecular weight is 376 g/mol. The van der Waals surface area contributed by atoms with Crippen LogP contribution in [0.4, 0.5) is 0 Å². The van der Waals surface area contributed by atoms with E-state index in [1.165, 1.54) is 24.3 Å². The number of amides is 1. The van der Waals surface area contributed by atoms with Crippen molar-refractivity contribution in [3.05, 3.63) is 36.5 Å². The molecule has 1 amide bonds. The summed E-state index contributed by atoms with van der Waals surface area (Å²) in [4.78, 5) is 31.4. The number of nitrogens with zero attached hydrogens (tertiary/aromatic N) is 1. The van der Waals surface area contributed by atoms with E-state index < -0.39 is 44.0 Å². The van der Waals surface area contributed by atoms with Crippen LogP contribution in [0.15, 0.2) is 36.5 Å². The summed E-state index contributed by atoms with van der Waals surface area (Å²) < 4.78 is 44.1. The lowest BCUT2D eigenvalue weighted by molar-refractivity contribution is -0.118. The van der Waals surface area contributed by atoms with E-state index >= 15 is 0 Å². The van der Waals surface area contributed by atoms with Crippen molar-refractivity contribution in [2.24, 2.45) is 0 Å². The summed E-state index contributed by atoms with van der Waals surface area (Å²) in [7, 11) is -3.55. The predicted molar refractivity (Wildman–Crippen MR) is 88.9 cm³/mol. The molecule has 0 aliphatic carbocycles. The minimum atomic E-state index is -4.95. The third kappa shape index (κ3) is 5.01. The van der Waals surface area contributed by atoms with Gasteiger partial charge in [0.1, 0.15) is 24.1 Å². The van der Waals surface area contributed by atoms with Crippen molar-refractivity contribution in [3.63, 3.8) is 0 Å². The molecule has 0 radical (unpaired) electrons. The van der Waals surface area contributed by atoms with Gasteiger partial charge in [-0.25, -0.2) is 0 Å². The third-order valence-electron chi connectivity index (χ3n) is 3.48. The lowest BCUT2D eigenvalue weighted by atomic mass is 10.1. The van der Waals surface area contributed by atoms with Crippen LogP contribution in [0.1, 0.15) is 16.6 Å². The molecular weight excluding hydrogens is 351 g/mol. The van der Waals surface area contributed by atoms with Crippen LogP contribution in [0.5, 0.6) is 0 Å². The van der Waals surface area contributed by atoms with Gasteiger partial charge >= 0.3 is 7.60 Å². The second kappa shape index (κ2) is 7.82. The molecule has 2 heterocycles. The van der Waals surface area contributed by atoms with Crippen molar-refractivity contribution >= 4 is 13.5 Å². The Bertz CT molecular complexity index is 721. The zero-order valence-corrected chi connectivity index (χ0v) is 15.0. The highest BCUT2D eigenvalue weighted by Crippen LogP contribution is 2.38. The molecule has 1 saturated heterocycles. The summed E-state index contributed by atoms with van der Waals surface area (Å²) in [6, 6.07) is -0.700. The molecule has 25 heavy (non-hydrogen) atoms. The Morgan fingerprint density at radius 1 is 1.52 bits per heavy atom.